The number of fused-ring (bicyclic) bond motifs is 2. The van der Waals surface area contributed by atoms with Gasteiger partial charge in [0.25, 0.3) is 5.91 Å². The van der Waals surface area contributed by atoms with Crippen molar-refractivity contribution in [3.8, 4) is 0 Å². The predicted octanol–water partition coefficient (Wildman–Crippen LogP) is 4.02. The van der Waals surface area contributed by atoms with E-state index in [0.29, 0.717) is 35.5 Å². The highest BCUT2D eigenvalue weighted by Crippen LogP contribution is 2.38. The first kappa shape index (κ1) is 19.4. The maximum Gasteiger partial charge on any atom is 0.290 e. The molecule has 5 nitrogen and oxygen atoms in total. The lowest BCUT2D eigenvalue weighted by Crippen LogP contribution is -2.35. The van der Waals surface area contributed by atoms with Crippen LogP contribution in [0.2, 0.25) is 0 Å². The molecule has 3 aromatic rings. The smallest absolute Gasteiger partial charge is 0.290 e. The van der Waals surface area contributed by atoms with E-state index in [1.165, 1.54) is 5.56 Å². The monoisotopic (exact) mass is 390 g/mol. The van der Waals surface area contributed by atoms with Crippen molar-refractivity contribution in [3.05, 3.63) is 81.2 Å². The molecule has 1 unspecified atom stereocenters. The van der Waals surface area contributed by atoms with E-state index in [9.17, 15) is 9.59 Å². The predicted molar refractivity (Wildman–Crippen MR) is 114 cm³/mol. The summed E-state index contributed by atoms with van der Waals surface area (Å²) in [5.41, 5.74) is 2.93. The van der Waals surface area contributed by atoms with Crippen LogP contribution in [-0.4, -0.2) is 42.9 Å². The van der Waals surface area contributed by atoms with Crippen LogP contribution in [0.25, 0.3) is 11.0 Å². The second-order valence-electron chi connectivity index (χ2n) is 8.20. The van der Waals surface area contributed by atoms with Crippen molar-refractivity contribution in [2.45, 2.75) is 25.8 Å². The molecule has 1 aromatic heterocycles. The molecule has 2 aromatic carbocycles. The van der Waals surface area contributed by atoms with Crippen molar-refractivity contribution in [1.29, 1.82) is 0 Å². The molecule has 5 heteroatoms. The van der Waals surface area contributed by atoms with Crippen LogP contribution in [0.4, 0.5) is 0 Å². The topological polar surface area (TPSA) is 53.8 Å². The van der Waals surface area contributed by atoms with E-state index in [0.717, 1.165) is 5.56 Å². The van der Waals surface area contributed by atoms with Crippen molar-refractivity contribution < 1.29 is 9.21 Å². The van der Waals surface area contributed by atoms with E-state index in [2.05, 4.69) is 26.0 Å². The van der Waals surface area contributed by atoms with Gasteiger partial charge in [-0.1, -0.05) is 50.2 Å². The number of para-hydroxylation sites is 1. The van der Waals surface area contributed by atoms with Crippen molar-refractivity contribution in [2.75, 3.05) is 27.2 Å². The Balaban J connectivity index is 1.89. The maximum absolute atomic E-state index is 13.4. The van der Waals surface area contributed by atoms with Crippen LogP contribution in [0, 0.1) is 0 Å². The van der Waals surface area contributed by atoms with Gasteiger partial charge < -0.3 is 14.2 Å². The summed E-state index contributed by atoms with van der Waals surface area (Å²) in [6.45, 7) is 5.51. The second kappa shape index (κ2) is 7.48. The van der Waals surface area contributed by atoms with Crippen LogP contribution >= 0.6 is 0 Å². The van der Waals surface area contributed by atoms with E-state index in [4.69, 9.17) is 4.42 Å². The summed E-state index contributed by atoms with van der Waals surface area (Å²) < 4.78 is 5.94. The van der Waals surface area contributed by atoms with Crippen LogP contribution in [0.3, 0.4) is 0 Å². The fourth-order valence-corrected chi connectivity index (χ4v) is 3.92. The van der Waals surface area contributed by atoms with E-state index in [-0.39, 0.29) is 17.1 Å². The third kappa shape index (κ3) is 3.36. The van der Waals surface area contributed by atoms with Crippen molar-refractivity contribution >= 4 is 16.9 Å². The fourth-order valence-electron chi connectivity index (χ4n) is 3.92. The number of rotatable bonds is 5. The number of likely N-dealkylation sites (N-methyl/N-ethyl adjacent to an activating group) is 1. The highest BCUT2D eigenvalue weighted by Gasteiger charge is 2.42. The zero-order valence-electron chi connectivity index (χ0n) is 17.3. The molecule has 29 heavy (non-hydrogen) atoms. The summed E-state index contributed by atoms with van der Waals surface area (Å²) in [6, 6.07) is 14.9. The van der Waals surface area contributed by atoms with Gasteiger partial charge in [0, 0.05) is 13.1 Å². The molecule has 1 aliphatic rings. The minimum atomic E-state index is -0.431. The molecular formula is C24H26N2O3. The Morgan fingerprint density at radius 3 is 2.38 bits per heavy atom. The first-order valence-corrected chi connectivity index (χ1v) is 9.99. The van der Waals surface area contributed by atoms with Crippen LogP contribution in [0.15, 0.2) is 57.7 Å². The van der Waals surface area contributed by atoms with Gasteiger partial charge in [-0.2, -0.15) is 0 Å². The highest BCUT2D eigenvalue weighted by molar-refractivity contribution is 5.99. The average Bonchev–Trinajstić information content (AvgIpc) is 2.99. The first-order valence-electron chi connectivity index (χ1n) is 9.99. The summed E-state index contributed by atoms with van der Waals surface area (Å²) in [4.78, 5) is 30.4. The van der Waals surface area contributed by atoms with Crippen molar-refractivity contribution in [3.63, 3.8) is 0 Å². The molecule has 0 fully saturated rings. The Kier molecular flexibility index (Phi) is 5.01. The maximum atomic E-state index is 13.4. The number of hydrogen-bond donors (Lipinski definition) is 0. The lowest BCUT2D eigenvalue weighted by Gasteiger charge is -2.26. The van der Waals surface area contributed by atoms with Gasteiger partial charge in [0.2, 0.25) is 5.76 Å². The van der Waals surface area contributed by atoms with Crippen molar-refractivity contribution in [1.82, 2.24) is 9.80 Å². The summed E-state index contributed by atoms with van der Waals surface area (Å²) in [5.74, 6) is 0.369. The number of amides is 1. The molecule has 1 atom stereocenters. The molecule has 0 spiro atoms. The van der Waals surface area contributed by atoms with Gasteiger partial charge in [0.05, 0.1) is 17.0 Å². The zero-order chi connectivity index (χ0) is 20.7. The van der Waals surface area contributed by atoms with Gasteiger partial charge in [0.15, 0.2) is 5.43 Å². The van der Waals surface area contributed by atoms with Crippen LogP contribution < -0.4 is 5.43 Å². The third-order valence-electron chi connectivity index (χ3n) is 5.58. The Bertz CT molecular complexity index is 1110. The van der Waals surface area contributed by atoms with E-state index >= 15 is 0 Å². The van der Waals surface area contributed by atoms with Gasteiger partial charge in [-0.3, -0.25) is 9.59 Å². The Morgan fingerprint density at radius 1 is 1.03 bits per heavy atom. The standard InChI is InChI=1S/C24H26N2O3/c1-15(2)16-9-11-17(12-10-16)21-20-22(27)18-7-5-6-8-19(18)29-23(20)24(28)26(21)14-13-25(3)4/h5-12,15,21H,13-14H2,1-4H3. The quantitative estimate of drug-likeness (QED) is 0.660. The normalized spacial score (nSPS) is 16.3. The van der Waals surface area contributed by atoms with Gasteiger partial charge in [0.1, 0.15) is 5.58 Å². The number of hydrogen-bond acceptors (Lipinski definition) is 4. The molecule has 150 valence electrons. The number of benzene rings is 2. The molecule has 0 aliphatic carbocycles. The SMILES string of the molecule is CC(C)c1ccc(C2c3c(oc4ccccc4c3=O)C(=O)N2CCN(C)C)cc1. The number of carbonyl (C=O) groups excluding carboxylic acids is 1. The molecule has 1 amide bonds. The first-order chi connectivity index (χ1) is 13.9. The Hall–Kier alpha value is -2.92. The van der Waals surface area contributed by atoms with Crippen molar-refractivity contribution in [2.24, 2.45) is 0 Å². The van der Waals surface area contributed by atoms with Crippen LogP contribution in [-0.2, 0) is 0 Å². The molecule has 0 radical (unpaired) electrons. The number of carbonyl (C=O) groups is 1. The average molecular weight is 390 g/mol. The third-order valence-corrected chi connectivity index (χ3v) is 5.58. The van der Waals surface area contributed by atoms with Gasteiger partial charge in [-0.15, -0.1) is 0 Å². The van der Waals surface area contributed by atoms with Crippen LogP contribution in [0.5, 0.6) is 0 Å². The second-order valence-corrected chi connectivity index (χ2v) is 8.20. The fraction of sp³-hybridized carbons (Fsp3) is 0.333. The summed E-state index contributed by atoms with van der Waals surface area (Å²) in [6.07, 6.45) is 0. The lowest BCUT2D eigenvalue weighted by atomic mass is 9.95. The lowest BCUT2D eigenvalue weighted by molar-refractivity contribution is 0.0716. The Labute approximate surface area is 170 Å². The molecule has 2 heterocycles. The molecule has 0 saturated carbocycles. The molecule has 1 aliphatic heterocycles. The van der Waals surface area contributed by atoms with E-state index in [1.807, 2.05) is 43.3 Å². The molecule has 0 bridgehead atoms. The van der Waals surface area contributed by atoms with Gasteiger partial charge in [-0.25, -0.2) is 0 Å². The summed E-state index contributed by atoms with van der Waals surface area (Å²) >= 11 is 0. The summed E-state index contributed by atoms with van der Waals surface area (Å²) in [5, 5.41) is 0.511. The molecular weight excluding hydrogens is 364 g/mol. The molecule has 0 saturated heterocycles. The van der Waals surface area contributed by atoms with Gasteiger partial charge >= 0.3 is 0 Å². The highest BCUT2D eigenvalue weighted by atomic mass is 16.3. The molecule has 4 rings (SSSR count). The largest absolute Gasteiger partial charge is 0.450 e. The number of nitrogens with zero attached hydrogens (tertiary/aromatic N) is 2. The molecule has 0 N–H and O–H groups in total. The zero-order valence-corrected chi connectivity index (χ0v) is 17.3. The summed E-state index contributed by atoms with van der Waals surface area (Å²) in [7, 11) is 3.94. The van der Waals surface area contributed by atoms with E-state index < -0.39 is 6.04 Å². The van der Waals surface area contributed by atoms with Crippen LogP contribution in [0.1, 0.15) is 53.1 Å². The van der Waals surface area contributed by atoms with E-state index in [1.54, 1.807) is 17.0 Å². The minimum absolute atomic E-state index is 0.125. The Morgan fingerprint density at radius 2 is 1.72 bits per heavy atom. The minimum Gasteiger partial charge on any atom is -0.450 e. The van der Waals surface area contributed by atoms with Gasteiger partial charge in [-0.05, 0) is 43.3 Å².